The van der Waals surface area contributed by atoms with E-state index < -0.39 is 0 Å². The summed E-state index contributed by atoms with van der Waals surface area (Å²) in [5.41, 5.74) is 14.2. The van der Waals surface area contributed by atoms with Gasteiger partial charge in [-0.25, -0.2) is 9.97 Å². The molecule has 0 fully saturated rings. The van der Waals surface area contributed by atoms with Crippen LogP contribution in [0, 0.1) is 0 Å². The number of thioether (sulfide) groups is 1. The molecule has 106 valence electrons. The first kappa shape index (κ1) is 14.6. The van der Waals surface area contributed by atoms with E-state index in [9.17, 15) is 0 Å². The van der Waals surface area contributed by atoms with Crippen LogP contribution in [0.15, 0.2) is 35.4 Å². The predicted molar refractivity (Wildman–Crippen MR) is 85.6 cm³/mol. The molecule has 0 radical (unpaired) electrons. The molecule has 0 aliphatic carbocycles. The monoisotopic (exact) mass is 289 g/mol. The summed E-state index contributed by atoms with van der Waals surface area (Å²) < 4.78 is 0. The second kappa shape index (κ2) is 6.58. The summed E-state index contributed by atoms with van der Waals surface area (Å²) in [6.45, 7) is 1.01. The smallest absolute Gasteiger partial charge is 0.220 e. The topological polar surface area (TPSA) is 81.1 Å². The Labute approximate surface area is 123 Å². The fraction of sp³-hybridized carbons (Fsp3) is 0.286. The van der Waals surface area contributed by atoms with E-state index in [0.717, 1.165) is 34.1 Å². The van der Waals surface area contributed by atoms with Crippen LogP contribution in [-0.2, 0) is 0 Å². The SMILES string of the molecule is CN(C)CCSc1cc(-c2ccnc(N)n2)ccc1N. The fourth-order valence-corrected chi connectivity index (χ4v) is 2.81. The van der Waals surface area contributed by atoms with Crippen LogP contribution in [0.3, 0.4) is 0 Å². The summed E-state index contributed by atoms with van der Waals surface area (Å²) in [5.74, 6) is 1.27. The van der Waals surface area contributed by atoms with Crippen molar-refractivity contribution < 1.29 is 0 Å². The third-order valence-electron chi connectivity index (χ3n) is 2.78. The van der Waals surface area contributed by atoms with Crippen LogP contribution in [0.4, 0.5) is 11.6 Å². The van der Waals surface area contributed by atoms with Gasteiger partial charge >= 0.3 is 0 Å². The first-order valence-corrected chi connectivity index (χ1v) is 7.31. The van der Waals surface area contributed by atoms with E-state index in [4.69, 9.17) is 11.5 Å². The molecule has 1 heterocycles. The average Bonchev–Trinajstić information content (AvgIpc) is 2.40. The molecular formula is C14H19N5S. The lowest BCUT2D eigenvalue weighted by Gasteiger charge is -2.11. The molecule has 0 aliphatic heterocycles. The normalized spacial score (nSPS) is 10.9. The van der Waals surface area contributed by atoms with Gasteiger partial charge in [-0.15, -0.1) is 11.8 Å². The Morgan fingerprint density at radius 2 is 2.00 bits per heavy atom. The molecule has 0 saturated heterocycles. The van der Waals surface area contributed by atoms with Crippen LogP contribution in [0.25, 0.3) is 11.3 Å². The highest BCUT2D eigenvalue weighted by Gasteiger charge is 2.06. The molecule has 6 heteroatoms. The van der Waals surface area contributed by atoms with Gasteiger partial charge in [0, 0.05) is 34.6 Å². The summed E-state index contributed by atoms with van der Waals surface area (Å²) in [7, 11) is 4.12. The number of anilines is 2. The van der Waals surface area contributed by atoms with Crippen LogP contribution in [0.5, 0.6) is 0 Å². The summed E-state index contributed by atoms with van der Waals surface area (Å²) in [6.07, 6.45) is 1.66. The minimum absolute atomic E-state index is 0.279. The Morgan fingerprint density at radius 1 is 1.20 bits per heavy atom. The second-order valence-corrected chi connectivity index (χ2v) is 5.84. The maximum atomic E-state index is 6.02. The van der Waals surface area contributed by atoms with E-state index in [1.807, 2.05) is 18.2 Å². The van der Waals surface area contributed by atoms with Gasteiger partial charge in [0.1, 0.15) is 0 Å². The number of rotatable bonds is 5. The quantitative estimate of drug-likeness (QED) is 0.647. The van der Waals surface area contributed by atoms with Crippen LogP contribution in [0.1, 0.15) is 0 Å². The molecule has 4 N–H and O–H groups in total. The van der Waals surface area contributed by atoms with Crippen LogP contribution >= 0.6 is 11.8 Å². The minimum atomic E-state index is 0.279. The Hall–Kier alpha value is -1.79. The number of hydrogen-bond acceptors (Lipinski definition) is 6. The maximum Gasteiger partial charge on any atom is 0.220 e. The van der Waals surface area contributed by atoms with E-state index in [2.05, 4.69) is 35.0 Å². The van der Waals surface area contributed by atoms with Crippen molar-refractivity contribution in [2.24, 2.45) is 0 Å². The second-order valence-electron chi connectivity index (χ2n) is 4.70. The molecule has 0 bridgehead atoms. The zero-order chi connectivity index (χ0) is 14.5. The molecular weight excluding hydrogens is 270 g/mol. The largest absolute Gasteiger partial charge is 0.398 e. The molecule has 0 atom stereocenters. The Morgan fingerprint density at radius 3 is 2.70 bits per heavy atom. The van der Waals surface area contributed by atoms with E-state index in [0.29, 0.717) is 0 Å². The van der Waals surface area contributed by atoms with Crippen molar-refractivity contribution in [3.8, 4) is 11.3 Å². The van der Waals surface area contributed by atoms with Gasteiger partial charge in [0.2, 0.25) is 5.95 Å². The van der Waals surface area contributed by atoms with E-state index in [1.54, 1.807) is 18.0 Å². The summed E-state index contributed by atoms with van der Waals surface area (Å²) >= 11 is 1.75. The molecule has 0 spiro atoms. The number of aromatic nitrogens is 2. The summed E-state index contributed by atoms with van der Waals surface area (Å²) in [5, 5.41) is 0. The van der Waals surface area contributed by atoms with Crippen molar-refractivity contribution >= 4 is 23.4 Å². The van der Waals surface area contributed by atoms with E-state index in [-0.39, 0.29) is 5.95 Å². The van der Waals surface area contributed by atoms with Gasteiger partial charge in [0.15, 0.2) is 0 Å². The molecule has 20 heavy (non-hydrogen) atoms. The van der Waals surface area contributed by atoms with Crippen LogP contribution in [-0.4, -0.2) is 41.3 Å². The minimum Gasteiger partial charge on any atom is -0.398 e. The third-order valence-corrected chi connectivity index (χ3v) is 3.83. The van der Waals surface area contributed by atoms with Crippen molar-refractivity contribution in [2.45, 2.75) is 4.90 Å². The molecule has 1 aromatic carbocycles. The lowest BCUT2D eigenvalue weighted by Crippen LogP contribution is -2.14. The van der Waals surface area contributed by atoms with Crippen LogP contribution in [0.2, 0.25) is 0 Å². The maximum absolute atomic E-state index is 6.02. The lowest BCUT2D eigenvalue weighted by atomic mass is 10.1. The van der Waals surface area contributed by atoms with Gasteiger partial charge in [-0.3, -0.25) is 0 Å². The van der Waals surface area contributed by atoms with Crippen molar-refractivity contribution in [3.63, 3.8) is 0 Å². The lowest BCUT2D eigenvalue weighted by molar-refractivity contribution is 0.437. The van der Waals surface area contributed by atoms with Crippen molar-refractivity contribution in [3.05, 3.63) is 30.5 Å². The van der Waals surface area contributed by atoms with Gasteiger partial charge in [-0.05, 0) is 32.3 Å². The Balaban J connectivity index is 2.20. The van der Waals surface area contributed by atoms with Gasteiger partial charge in [-0.1, -0.05) is 6.07 Å². The summed E-state index contributed by atoms with van der Waals surface area (Å²) in [4.78, 5) is 11.4. The first-order valence-electron chi connectivity index (χ1n) is 6.32. The number of hydrogen-bond donors (Lipinski definition) is 2. The van der Waals surface area contributed by atoms with Crippen LogP contribution < -0.4 is 11.5 Å². The molecule has 2 rings (SSSR count). The number of nitrogens with zero attached hydrogens (tertiary/aromatic N) is 3. The Kier molecular flexibility index (Phi) is 4.81. The molecule has 2 aromatic rings. The average molecular weight is 289 g/mol. The third kappa shape index (κ3) is 3.85. The van der Waals surface area contributed by atoms with Gasteiger partial charge < -0.3 is 16.4 Å². The molecule has 1 aromatic heterocycles. The molecule has 0 unspecified atom stereocenters. The van der Waals surface area contributed by atoms with Crippen molar-refractivity contribution in [1.29, 1.82) is 0 Å². The highest BCUT2D eigenvalue weighted by molar-refractivity contribution is 7.99. The van der Waals surface area contributed by atoms with Gasteiger partial charge in [0.25, 0.3) is 0 Å². The van der Waals surface area contributed by atoms with Gasteiger partial charge in [-0.2, -0.15) is 0 Å². The van der Waals surface area contributed by atoms with Crippen molar-refractivity contribution in [1.82, 2.24) is 14.9 Å². The molecule has 0 aliphatic rings. The highest BCUT2D eigenvalue weighted by atomic mass is 32.2. The highest BCUT2D eigenvalue weighted by Crippen LogP contribution is 2.29. The number of nitrogens with two attached hydrogens (primary N) is 2. The zero-order valence-corrected chi connectivity index (χ0v) is 12.5. The van der Waals surface area contributed by atoms with Crippen molar-refractivity contribution in [2.75, 3.05) is 37.9 Å². The summed E-state index contributed by atoms with van der Waals surface area (Å²) in [6, 6.07) is 7.76. The molecule has 0 amide bonds. The standard InChI is InChI=1S/C14H19N5S/c1-19(2)7-8-20-13-9-10(3-4-11(13)15)12-5-6-17-14(16)18-12/h3-6,9H,7-8,15H2,1-2H3,(H2,16,17,18). The predicted octanol–water partition coefficient (Wildman–Crippen LogP) is 1.96. The fourth-order valence-electron chi connectivity index (χ4n) is 1.69. The molecule has 5 nitrogen and oxygen atoms in total. The number of benzene rings is 1. The van der Waals surface area contributed by atoms with Gasteiger partial charge in [0.05, 0.1) is 5.69 Å². The Bertz CT molecular complexity index is 586. The zero-order valence-electron chi connectivity index (χ0n) is 11.7. The first-order chi connectivity index (χ1) is 9.56. The van der Waals surface area contributed by atoms with E-state index >= 15 is 0 Å². The number of nitrogen functional groups attached to an aromatic ring is 2. The molecule has 0 saturated carbocycles. The van der Waals surface area contributed by atoms with E-state index in [1.165, 1.54) is 0 Å².